The van der Waals surface area contributed by atoms with E-state index in [1.165, 1.54) is 25.1 Å². The number of nitro groups is 1. The number of nitro benzene ring substituents is 1. The molecule has 0 aliphatic carbocycles. The van der Waals surface area contributed by atoms with Crippen LogP contribution in [0.5, 0.6) is 0 Å². The van der Waals surface area contributed by atoms with Gasteiger partial charge in [0, 0.05) is 17.0 Å². The zero-order valence-electron chi connectivity index (χ0n) is 15.3. The molecule has 0 saturated heterocycles. The van der Waals surface area contributed by atoms with Crippen LogP contribution in [0.1, 0.15) is 34.6 Å². The molecule has 0 aliphatic rings. The average Bonchev–Trinajstić information content (AvgIpc) is 3.10. The Balaban J connectivity index is 1.60. The standard InChI is InChI=1S/C20H18N2O6/c1-12-15(7-5-8-16(12)22(25)26)20(24)27-11-19(23)21-13(2)18-10-14-6-3-4-9-17(14)28-18/h3-10,13H,11H2,1-2H3,(H,21,23)/t13-/m0/s1. The van der Waals surface area contributed by atoms with Gasteiger partial charge in [-0.15, -0.1) is 0 Å². The maximum atomic E-state index is 12.2. The first-order chi connectivity index (χ1) is 13.4. The number of rotatable bonds is 6. The summed E-state index contributed by atoms with van der Waals surface area (Å²) in [6, 6.07) is 13.0. The van der Waals surface area contributed by atoms with E-state index in [0.29, 0.717) is 11.3 Å². The lowest BCUT2D eigenvalue weighted by Gasteiger charge is -2.12. The number of furan rings is 1. The molecular formula is C20H18N2O6. The largest absolute Gasteiger partial charge is 0.459 e. The number of nitrogens with zero attached hydrogens (tertiary/aromatic N) is 1. The predicted octanol–water partition coefficient (Wildman–Crippen LogP) is 3.68. The van der Waals surface area contributed by atoms with Crippen molar-refractivity contribution >= 4 is 28.5 Å². The van der Waals surface area contributed by atoms with Gasteiger partial charge in [-0.05, 0) is 32.0 Å². The number of para-hydroxylation sites is 1. The molecule has 28 heavy (non-hydrogen) atoms. The van der Waals surface area contributed by atoms with Gasteiger partial charge in [-0.2, -0.15) is 0 Å². The number of benzene rings is 2. The highest BCUT2D eigenvalue weighted by molar-refractivity contribution is 5.93. The highest BCUT2D eigenvalue weighted by Gasteiger charge is 2.20. The van der Waals surface area contributed by atoms with Crippen molar-refractivity contribution in [2.75, 3.05) is 6.61 Å². The first-order valence-corrected chi connectivity index (χ1v) is 8.56. The topological polar surface area (TPSA) is 112 Å². The van der Waals surface area contributed by atoms with Gasteiger partial charge in [0.2, 0.25) is 0 Å². The average molecular weight is 382 g/mol. The Morgan fingerprint density at radius 2 is 1.96 bits per heavy atom. The van der Waals surface area contributed by atoms with Crippen LogP contribution >= 0.6 is 0 Å². The van der Waals surface area contributed by atoms with E-state index in [1.54, 1.807) is 6.92 Å². The zero-order chi connectivity index (χ0) is 20.3. The SMILES string of the molecule is Cc1c(C(=O)OCC(=O)N[C@@H](C)c2cc3ccccc3o2)cccc1[N+](=O)[O-]. The highest BCUT2D eigenvalue weighted by Crippen LogP contribution is 2.24. The Bertz CT molecular complexity index is 1020. The minimum Gasteiger partial charge on any atom is -0.459 e. The number of ether oxygens (including phenoxy) is 1. The fraction of sp³-hybridized carbons (Fsp3) is 0.200. The third kappa shape index (κ3) is 4.01. The molecule has 3 rings (SSSR count). The predicted molar refractivity (Wildman–Crippen MR) is 101 cm³/mol. The Kier molecular flexibility index (Phi) is 5.39. The summed E-state index contributed by atoms with van der Waals surface area (Å²) in [5.41, 5.74) is 0.768. The van der Waals surface area contributed by atoms with Crippen LogP contribution in [-0.4, -0.2) is 23.4 Å². The zero-order valence-corrected chi connectivity index (χ0v) is 15.3. The lowest BCUT2D eigenvalue weighted by atomic mass is 10.1. The number of nitrogens with one attached hydrogen (secondary N) is 1. The summed E-state index contributed by atoms with van der Waals surface area (Å²) in [7, 11) is 0. The summed E-state index contributed by atoms with van der Waals surface area (Å²) >= 11 is 0. The van der Waals surface area contributed by atoms with Gasteiger partial charge < -0.3 is 14.5 Å². The molecule has 1 amide bonds. The molecule has 0 bridgehead atoms. The normalized spacial score (nSPS) is 11.8. The van der Waals surface area contributed by atoms with Crippen LogP contribution in [0.4, 0.5) is 5.69 Å². The van der Waals surface area contributed by atoms with Crippen LogP contribution in [0, 0.1) is 17.0 Å². The van der Waals surface area contributed by atoms with Gasteiger partial charge in [-0.1, -0.05) is 24.3 Å². The highest BCUT2D eigenvalue weighted by atomic mass is 16.6. The molecular weight excluding hydrogens is 364 g/mol. The molecule has 0 radical (unpaired) electrons. The Hall–Kier alpha value is -3.68. The van der Waals surface area contributed by atoms with Crippen molar-refractivity contribution < 1.29 is 23.7 Å². The molecule has 0 aliphatic heterocycles. The quantitative estimate of drug-likeness (QED) is 0.395. The van der Waals surface area contributed by atoms with Gasteiger partial charge in [0.05, 0.1) is 16.5 Å². The Morgan fingerprint density at radius 1 is 1.21 bits per heavy atom. The third-order valence-electron chi connectivity index (χ3n) is 4.31. The van der Waals surface area contributed by atoms with E-state index in [1.807, 2.05) is 30.3 Å². The molecule has 3 aromatic rings. The van der Waals surface area contributed by atoms with E-state index in [-0.39, 0.29) is 16.8 Å². The summed E-state index contributed by atoms with van der Waals surface area (Å²) in [4.78, 5) is 34.7. The molecule has 1 heterocycles. The lowest BCUT2D eigenvalue weighted by molar-refractivity contribution is -0.385. The van der Waals surface area contributed by atoms with Crippen molar-refractivity contribution in [1.29, 1.82) is 0 Å². The van der Waals surface area contributed by atoms with Gasteiger partial charge in [-0.3, -0.25) is 14.9 Å². The van der Waals surface area contributed by atoms with Gasteiger partial charge in [0.15, 0.2) is 6.61 Å². The summed E-state index contributed by atoms with van der Waals surface area (Å²) in [5, 5.41) is 14.6. The molecule has 144 valence electrons. The van der Waals surface area contributed by atoms with Crippen LogP contribution in [0.3, 0.4) is 0 Å². The van der Waals surface area contributed by atoms with E-state index in [2.05, 4.69) is 5.32 Å². The van der Waals surface area contributed by atoms with E-state index in [0.717, 1.165) is 5.39 Å². The fourth-order valence-corrected chi connectivity index (χ4v) is 2.82. The molecule has 0 spiro atoms. The Morgan fingerprint density at radius 3 is 2.68 bits per heavy atom. The number of amides is 1. The van der Waals surface area contributed by atoms with Crippen molar-refractivity contribution in [3.63, 3.8) is 0 Å². The maximum absolute atomic E-state index is 12.2. The van der Waals surface area contributed by atoms with Crippen molar-refractivity contribution in [1.82, 2.24) is 5.32 Å². The van der Waals surface area contributed by atoms with Crippen LogP contribution in [0.15, 0.2) is 52.9 Å². The molecule has 8 nitrogen and oxygen atoms in total. The first-order valence-electron chi connectivity index (χ1n) is 8.56. The summed E-state index contributed by atoms with van der Waals surface area (Å²) in [5.74, 6) is -0.729. The van der Waals surface area contributed by atoms with Crippen molar-refractivity contribution in [3.8, 4) is 0 Å². The number of hydrogen-bond donors (Lipinski definition) is 1. The molecule has 0 fully saturated rings. The molecule has 8 heteroatoms. The molecule has 1 aromatic heterocycles. The minimum atomic E-state index is -0.798. The van der Waals surface area contributed by atoms with Crippen molar-refractivity contribution in [3.05, 3.63) is 75.5 Å². The molecule has 0 saturated carbocycles. The van der Waals surface area contributed by atoms with Crippen LogP contribution in [0.25, 0.3) is 11.0 Å². The first kappa shape index (κ1) is 19.1. The number of carbonyl (C=O) groups excluding carboxylic acids is 2. The van der Waals surface area contributed by atoms with E-state index in [4.69, 9.17) is 9.15 Å². The summed E-state index contributed by atoms with van der Waals surface area (Å²) < 4.78 is 10.7. The molecule has 1 atom stereocenters. The van der Waals surface area contributed by atoms with Crippen LogP contribution in [0.2, 0.25) is 0 Å². The number of fused-ring (bicyclic) bond motifs is 1. The van der Waals surface area contributed by atoms with Crippen LogP contribution in [-0.2, 0) is 9.53 Å². The monoisotopic (exact) mass is 382 g/mol. The third-order valence-corrected chi connectivity index (χ3v) is 4.31. The van der Waals surface area contributed by atoms with Gasteiger partial charge >= 0.3 is 5.97 Å². The minimum absolute atomic E-state index is 0.0485. The second-order valence-electron chi connectivity index (χ2n) is 6.26. The second-order valence-corrected chi connectivity index (χ2v) is 6.26. The Labute approximate surface area is 160 Å². The number of carbonyl (C=O) groups is 2. The second kappa shape index (κ2) is 7.91. The molecule has 1 N–H and O–H groups in total. The fourth-order valence-electron chi connectivity index (χ4n) is 2.82. The van der Waals surface area contributed by atoms with E-state index in [9.17, 15) is 19.7 Å². The summed E-state index contributed by atoms with van der Waals surface area (Å²) in [6.07, 6.45) is 0. The van der Waals surface area contributed by atoms with Gasteiger partial charge in [-0.25, -0.2) is 4.79 Å². The van der Waals surface area contributed by atoms with E-state index >= 15 is 0 Å². The smallest absolute Gasteiger partial charge is 0.339 e. The summed E-state index contributed by atoms with van der Waals surface area (Å²) in [6.45, 7) is 2.70. The van der Waals surface area contributed by atoms with E-state index < -0.39 is 29.4 Å². The van der Waals surface area contributed by atoms with Crippen LogP contribution < -0.4 is 5.32 Å². The molecule has 2 aromatic carbocycles. The van der Waals surface area contributed by atoms with Crippen molar-refractivity contribution in [2.24, 2.45) is 0 Å². The van der Waals surface area contributed by atoms with Gasteiger partial charge in [0.25, 0.3) is 11.6 Å². The van der Waals surface area contributed by atoms with Crippen molar-refractivity contribution in [2.45, 2.75) is 19.9 Å². The number of esters is 1. The molecule has 0 unspecified atom stereocenters. The number of hydrogen-bond acceptors (Lipinski definition) is 6. The lowest BCUT2D eigenvalue weighted by Crippen LogP contribution is -2.31. The van der Waals surface area contributed by atoms with Gasteiger partial charge in [0.1, 0.15) is 11.3 Å². The maximum Gasteiger partial charge on any atom is 0.339 e.